The van der Waals surface area contributed by atoms with E-state index < -0.39 is 0 Å². The van der Waals surface area contributed by atoms with Crippen LogP contribution in [0.3, 0.4) is 0 Å². The Bertz CT molecular complexity index is 228. The van der Waals surface area contributed by atoms with Crippen LogP contribution in [-0.2, 0) is 0 Å². The van der Waals surface area contributed by atoms with Crippen molar-refractivity contribution in [1.82, 2.24) is 0 Å². The Morgan fingerprint density at radius 1 is 1.07 bits per heavy atom. The summed E-state index contributed by atoms with van der Waals surface area (Å²) < 4.78 is 0. The number of hydrogen-bond donors (Lipinski definition) is 0. The van der Waals surface area contributed by atoms with Crippen LogP contribution in [-0.4, -0.2) is 0 Å². The molecule has 0 aromatic carbocycles. The minimum atomic E-state index is 0.617. The molecule has 0 heterocycles. The molecule has 0 bridgehead atoms. The molecule has 0 heteroatoms. The third kappa shape index (κ3) is 1.97. The lowest BCUT2D eigenvalue weighted by Crippen LogP contribution is -2.45. The highest BCUT2D eigenvalue weighted by molar-refractivity contribution is 4.98. The van der Waals surface area contributed by atoms with Gasteiger partial charge >= 0.3 is 0 Å². The van der Waals surface area contributed by atoms with Crippen LogP contribution in [0.5, 0.6) is 0 Å². The monoisotopic (exact) mass is 208 g/mol. The zero-order valence-electron chi connectivity index (χ0n) is 11.1. The lowest BCUT2D eigenvalue weighted by Gasteiger charge is -2.55. The zero-order chi connectivity index (χ0) is 11.1. The topological polar surface area (TPSA) is 0 Å². The summed E-state index contributed by atoms with van der Waals surface area (Å²) >= 11 is 0. The van der Waals surface area contributed by atoms with E-state index in [4.69, 9.17) is 0 Å². The van der Waals surface area contributed by atoms with Crippen LogP contribution >= 0.6 is 0 Å². The Kier molecular flexibility index (Phi) is 2.90. The van der Waals surface area contributed by atoms with Gasteiger partial charge in [0.25, 0.3) is 0 Å². The van der Waals surface area contributed by atoms with Gasteiger partial charge in [0.05, 0.1) is 0 Å². The van der Waals surface area contributed by atoms with Crippen LogP contribution < -0.4 is 0 Å². The number of rotatable bonds is 1. The zero-order valence-corrected chi connectivity index (χ0v) is 11.1. The normalized spacial score (nSPS) is 44.8. The highest BCUT2D eigenvalue weighted by atomic mass is 14.5. The molecule has 2 rings (SSSR count). The second-order valence-electron chi connectivity index (χ2n) is 7.10. The average Bonchev–Trinajstić information content (AvgIpc) is 2.15. The van der Waals surface area contributed by atoms with Gasteiger partial charge in [0.1, 0.15) is 0 Å². The third-order valence-electron chi connectivity index (χ3n) is 5.55. The van der Waals surface area contributed by atoms with E-state index in [1.807, 2.05) is 0 Å². The molecule has 0 aliphatic heterocycles. The van der Waals surface area contributed by atoms with Gasteiger partial charge in [-0.05, 0) is 48.3 Å². The standard InChI is InChI=1S/C15H28/c1-5-12-7-8-13-14(2,3)9-6-10-15(13,4)11-12/h12-13H,5-11H2,1-4H3. The highest BCUT2D eigenvalue weighted by Gasteiger charge is 2.48. The van der Waals surface area contributed by atoms with Crippen LogP contribution in [0.25, 0.3) is 0 Å². The predicted molar refractivity (Wildman–Crippen MR) is 66.9 cm³/mol. The molecule has 3 atom stereocenters. The molecular weight excluding hydrogens is 180 g/mol. The van der Waals surface area contributed by atoms with Crippen molar-refractivity contribution in [2.24, 2.45) is 22.7 Å². The quantitative estimate of drug-likeness (QED) is 0.567. The van der Waals surface area contributed by atoms with E-state index in [9.17, 15) is 0 Å². The van der Waals surface area contributed by atoms with E-state index in [2.05, 4.69) is 27.7 Å². The molecule has 2 aliphatic rings. The Morgan fingerprint density at radius 3 is 2.47 bits per heavy atom. The molecular formula is C15H28. The molecule has 15 heavy (non-hydrogen) atoms. The Hall–Kier alpha value is 0. The molecule has 88 valence electrons. The van der Waals surface area contributed by atoms with Gasteiger partial charge in [-0.15, -0.1) is 0 Å². The minimum absolute atomic E-state index is 0.617. The molecule has 0 saturated heterocycles. The molecule has 0 nitrogen and oxygen atoms in total. The summed E-state index contributed by atoms with van der Waals surface area (Å²) in [5.41, 5.74) is 1.30. The van der Waals surface area contributed by atoms with Gasteiger partial charge in [-0.1, -0.05) is 47.0 Å². The summed E-state index contributed by atoms with van der Waals surface area (Å²) in [4.78, 5) is 0. The molecule has 2 aliphatic carbocycles. The molecule has 0 radical (unpaired) electrons. The summed E-state index contributed by atoms with van der Waals surface area (Å²) in [7, 11) is 0. The van der Waals surface area contributed by atoms with Gasteiger partial charge < -0.3 is 0 Å². The Balaban J connectivity index is 2.16. The van der Waals surface area contributed by atoms with Crippen molar-refractivity contribution in [3.63, 3.8) is 0 Å². The van der Waals surface area contributed by atoms with Gasteiger partial charge in [0.2, 0.25) is 0 Å². The molecule has 0 aromatic heterocycles. The molecule has 0 N–H and O–H groups in total. The van der Waals surface area contributed by atoms with Crippen LogP contribution in [0.15, 0.2) is 0 Å². The first kappa shape index (κ1) is 11.5. The molecule has 0 spiro atoms. The molecule has 2 fully saturated rings. The number of fused-ring (bicyclic) bond motifs is 1. The maximum Gasteiger partial charge on any atom is -0.0290 e. The maximum absolute atomic E-state index is 2.58. The van der Waals surface area contributed by atoms with Gasteiger partial charge in [0.15, 0.2) is 0 Å². The van der Waals surface area contributed by atoms with E-state index in [-0.39, 0.29) is 0 Å². The van der Waals surface area contributed by atoms with Gasteiger partial charge in [-0.25, -0.2) is 0 Å². The van der Waals surface area contributed by atoms with Crippen LogP contribution in [0.1, 0.15) is 72.6 Å². The van der Waals surface area contributed by atoms with E-state index in [0.29, 0.717) is 10.8 Å². The molecule has 2 saturated carbocycles. The molecule has 0 aromatic rings. The van der Waals surface area contributed by atoms with Crippen molar-refractivity contribution in [2.45, 2.75) is 72.6 Å². The predicted octanol–water partition coefficient (Wildman–Crippen LogP) is 5.03. The van der Waals surface area contributed by atoms with Gasteiger partial charge in [0, 0.05) is 0 Å². The maximum atomic E-state index is 2.58. The number of hydrogen-bond acceptors (Lipinski definition) is 0. The third-order valence-corrected chi connectivity index (χ3v) is 5.55. The summed E-state index contributed by atoms with van der Waals surface area (Å²) in [6, 6.07) is 0. The Labute approximate surface area is 95.8 Å². The van der Waals surface area contributed by atoms with E-state index in [1.54, 1.807) is 0 Å². The van der Waals surface area contributed by atoms with Gasteiger partial charge in [-0.2, -0.15) is 0 Å². The van der Waals surface area contributed by atoms with Crippen molar-refractivity contribution < 1.29 is 0 Å². The van der Waals surface area contributed by atoms with Crippen LogP contribution in [0.4, 0.5) is 0 Å². The lowest BCUT2D eigenvalue weighted by atomic mass is 9.50. The second kappa shape index (κ2) is 3.79. The largest absolute Gasteiger partial charge is 0.0651 e. The fraction of sp³-hybridized carbons (Fsp3) is 1.00. The molecule has 3 unspecified atom stereocenters. The minimum Gasteiger partial charge on any atom is -0.0651 e. The van der Waals surface area contributed by atoms with Crippen molar-refractivity contribution in [1.29, 1.82) is 0 Å². The van der Waals surface area contributed by atoms with Crippen molar-refractivity contribution in [3.05, 3.63) is 0 Å². The van der Waals surface area contributed by atoms with Crippen LogP contribution in [0, 0.1) is 22.7 Å². The average molecular weight is 208 g/mol. The van der Waals surface area contributed by atoms with Crippen LogP contribution in [0.2, 0.25) is 0 Å². The SMILES string of the molecule is CCC1CCC2C(C)(C)CCCC2(C)C1. The lowest BCUT2D eigenvalue weighted by molar-refractivity contribution is -0.0501. The van der Waals surface area contributed by atoms with E-state index in [0.717, 1.165) is 11.8 Å². The first-order valence-electron chi connectivity index (χ1n) is 6.98. The Morgan fingerprint density at radius 2 is 1.80 bits per heavy atom. The fourth-order valence-corrected chi connectivity index (χ4v) is 4.74. The van der Waals surface area contributed by atoms with E-state index in [1.165, 1.54) is 44.9 Å². The van der Waals surface area contributed by atoms with Crippen molar-refractivity contribution >= 4 is 0 Å². The fourth-order valence-electron chi connectivity index (χ4n) is 4.74. The van der Waals surface area contributed by atoms with Gasteiger partial charge in [-0.3, -0.25) is 0 Å². The van der Waals surface area contributed by atoms with E-state index >= 15 is 0 Å². The summed E-state index contributed by atoms with van der Waals surface area (Å²) in [5.74, 6) is 2.03. The highest BCUT2D eigenvalue weighted by Crippen LogP contribution is 2.58. The summed E-state index contributed by atoms with van der Waals surface area (Å²) in [6.45, 7) is 9.99. The first-order chi connectivity index (χ1) is 6.98. The van der Waals surface area contributed by atoms with Crippen molar-refractivity contribution in [3.8, 4) is 0 Å². The molecule has 0 amide bonds. The summed E-state index contributed by atoms with van der Waals surface area (Å²) in [6.07, 6.45) is 10.3. The smallest absolute Gasteiger partial charge is 0.0290 e. The first-order valence-corrected chi connectivity index (χ1v) is 6.98. The summed E-state index contributed by atoms with van der Waals surface area (Å²) in [5, 5.41) is 0. The second-order valence-corrected chi connectivity index (χ2v) is 7.10. The van der Waals surface area contributed by atoms with Crippen molar-refractivity contribution in [2.75, 3.05) is 0 Å².